The van der Waals surface area contributed by atoms with Crippen molar-refractivity contribution < 1.29 is 23.8 Å². The first kappa shape index (κ1) is 24.8. The minimum Gasteiger partial charge on any atom is -0.497 e. The highest BCUT2D eigenvalue weighted by molar-refractivity contribution is 14.1. The number of amides is 1. The fourth-order valence-electron chi connectivity index (χ4n) is 2.95. The molecule has 0 unspecified atom stereocenters. The zero-order valence-corrected chi connectivity index (χ0v) is 20.9. The average Bonchev–Trinajstić information content (AvgIpc) is 2.85. The lowest BCUT2D eigenvalue weighted by Gasteiger charge is -2.13. The summed E-state index contributed by atoms with van der Waals surface area (Å²) in [6.45, 7) is 1.94. The zero-order chi connectivity index (χ0) is 24.7. The topological polar surface area (TPSA) is 97.7 Å². The van der Waals surface area contributed by atoms with E-state index in [1.54, 1.807) is 55.6 Å². The number of esters is 1. The number of carbonyl (C=O) groups excluding carboxylic acids is 2. The average molecular weight is 568 g/mol. The molecule has 1 N–H and O–H groups in total. The summed E-state index contributed by atoms with van der Waals surface area (Å²) in [5, 5.41) is 12.2. The molecule has 172 valence electrons. The molecule has 1 amide bonds. The van der Waals surface area contributed by atoms with Crippen molar-refractivity contribution in [1.29, 1.82) is 5.26 Å². The molecule has 8 heteroatoms. The predicted octanol–water partition coefficient (Wildman–Crippen LogP) is 5.38. The van der Waals surface area contributed by atoms with Crippen molar-refractivity contribution >= 4 is 46.2 Å². The number of hydrogen-bond acceptors (Lipinski definition) is 6. The molecule has 7 nitrogen and oxygen atoms in total. The summed E-state index contributed by atoms with van der Waals surface area (Å²) in [7, 11) is 2.99. The van der Waals surface area contributed by atoms with E-state index in [2.05, 4.69) is 5.32 Å². The number of aryl methyl sites for hydroxylation is 1. The van der Waals surface area contributed by atoms with E-state index < -0.39 is 11.9 Å². The van der Waals surface area contributed by atoms with Crippen LogP contribution in [0.1, 0.15) is 21.5 Å². The quantitative estimate of drug-likeness (QED) is 0.135. The molecule has 3 aromatic carbocycles. The normalized spacial score (nSPS) is 10.7. The van der Waals surface area contributed by atoms with E-state index in [0.717, 1.165) is 5.56 Å². The maximum Gasteiger partial charge on any atom is 0.343 e. The van der Waals surface area contributed by atoms with Crippen LogP contribution in [-0.2, 0) is 4.79 Å². The number of carbonyl (C=O) groups is 2. The van der Waals surface area contributed by atoms with Crippen LogP contribution in [0.3, 0.4) is 0 Å². The van der Waals surface area contributed by atoms with Crippen LogP contribution in [0, 0.1) is 21.8 Å². The van der Waals surface area contributed by atoms with Crippen molar-refractivity contribution in [3.63, 3.8) is 0 Å². The van der Waals surface area contributed by atoms with E-state index in [9.17, 15) is 14.9 Å². The van der Waals surface area contributed by atoms with Crippen LogP contribution in [0.25, 0.3) is 6.08 Å². The molecule has 3 aromatic rings. The largest absolute Gasteiger partial charge is 0.497 e. The number of benzene rings is 3. The van der Waals surface area contributed by atoms with Gasteiger partial charge in [-0.2, -0.15) is 5.26 Å². The van der Waals surface area contributed by atoms with Crippen LogP contribution in [0.4, 0.5) is 5.69 Å². The highest BCUT2D eigenvalue weighted by Gasteiger charge is 2.18. The Morgan fingerprint density at radius 1 is 1.00 bits per heavy atom. The van der Waals surface area contributed by atoms with Crippen LogP contribution < -0.4 is 19.5 Å². The minimum absolute atomic E-state index is 0.0820. The van der Waals surface area contributed by atoms with E-state index in [4.69, 9.17) is 14.2 Å². The molecule has 0 heterocycles. The van der Waals surface area contributed by atoms with Gasteiger partial charge < -0.3 is 19.5 Å². The van der Waals surface area contributed by atoms with Gasteiger partial charge in [-0.1, -0.05) is 17.7 Å². The summed E-state index contributed by atoms with van der Waals surface area (Å²) in [6, 6.07) is 19.0. The van der Waals surface area contributed by atoms with E-state index in [1.165, 1.54) is 13.2 Å². The lowest BCUT2D eigenvalue weighted by atomic mass is 10.1. The molecular weight excluding hydrogens is 547 g/mol. The van der Waals surface area contributed by atoms with Crippen molar-refractivity contribution in [3.05, 3.63) is 86.5 Å². The molecule has 0 saturated carbocycles. The summed E-state index contributed by atoms with van der Waals surface area (Å²) in [5.74, 6) is 0.0622. The van der Waals surface area contributed by atoms with Crippen LogP contribution in [0.5, 0.6) is 17.2 Å². The van der Waals surface area contributed by atoms with Gasteiger partial charge in [-0.05, 0) is 89.7 Å². The number of halogens is 1. The number of nitriles is 1. The van der Waals surface area contributed by atoms with Gasteiger partial charge in [0, 0.05) is 5.69 Å². The van der Waals surface area contributed by atoms with Gasteiger partial charge in [-0.15, -0.1) is 0 Å². The molecule has 0 aliphatic heterocycles. The standard InChI is InChI=1S/C26H21IN2O5/c1-16-4-8-20(9-5-16)29-25(30)19(15-28)12-17-13-22(27)24(23(14-17)33-3)34-26(31)18-6-10-21(32-2)11-7-18/h4-14H,1-3H3,(H,29,30)/b19-12+. The summed E-state index contributed by atoms with van der Waals surface area (Å²) >= 11 is 2.01. The summed E-state index contributed by atoms with van der Waals surface area (Å²) < 4.78 is 16.7. The lowest BCUT2D eigenvalue weighted by Crippen LogP contribution is -2.13. The first-order valence-electron chi connectivity index (χ1n) is 10.1. The van der Waals surface area contributed by atoms with Crippen LogP contribution in [0.15, 0.2) is 66.2 Å². The molecule has 0 fully saturated rings. The third kappa shape index (κ3) is 6.14. The lowest BCUT2D eigenvalue weighted by molar-refractivity contribution is -0.112. The smallest absolute Gasteiger partial charge is 0.343 e. The van der Waals surface area contributed by atoms with Gasteiger partial charge in [-0.3, -0.25) is 4.79 Å². The van der Waals surface area contributed by atoms with Gasteiger partial charge >= 0.3 is 5.97 Å². The predicted molar refractivity (Wildman–Crippen MR) is 137 cm³/mol. The maximum absolute atomic E-state index is 12.6. The van der Waals surface area contributed by atoms with Gasteiger partial charge in [0.1, 0.15) is 17.4 Å². The highest BCUT2D eigenvalue weighted by Crippen LogP contribution is 2.35. The third-order valence-electron chi connectivity index (χ3n) is 4.76. The molecular formula is C26H21IN2O5. The van der Waals surface area contributed by atoms with E-state index in [-0.39, 0.29) is 17.1 Å². The van der Waals surface area contributed by atoms with Crippen molar-refractivity contribution in [2.45, 2.75) is 6.92 Å². The molecule has 0 radical (unpaired) electrons. The molecule has 0 bridgehead atoms. The Balaban J connectivity index is 1.83. The molecule has 0 aliphatic carbocycles. The molecule has 0 aromatic heterocycles. The number of nitrogens with zero attached hydrogens (tertiary/aromatic N) is 1. The van der Waals surface area contributed by atoms with Crippen LogP contribution in [-0.4, -0.2) is 26.1 Å². The second kappa shape index (κ2) is 11.3. The Labute approximate surface area is 211 Å². The Morgan fingerprint density at radius 3 is 2.26 bits per heavy atom. The zero-order valence-electron chi connectivity index (χ0n) is 18.7. The molecule has 34 heavy (non-hydrogen) atoms. The fourth-order valence-corrected chi connectivity index (χ4v) is 3.69. The van der Waals surface area contributed by atoms with E-state index >= 15 is 0 Å². The van der Waals surface area contributed by atoms with Gasteiger partial charge in [0.05, 0.1) is 23.4 Å². The minimum atomic E-state index is -0.558. The van der Waals surface area contributed by atoms with Gasteiger partial charge in [-0.25, -0.2) is 4.79 Å². The number of nitrogens with one attached hydrogen (secondary N) is 1. The highest BCUT2D eigenvalue weighted by atomic mass is 127. The van der Waals surface area contributed by atoms with Gasteiger partial charge in [0.15, 0.2) is 11.5 Å². The Kier molecular flexibility index (Phi) is 8.27. The molecule has 0 aliphatic rings. The summed E-state index contributed by atoms with van der Waals surface area (Å²) in [4.78, 5) is 25.2. The number of rotatable bonds is 7. The van der Waals surface area contributed by atoms with E-state index in [1.807, 2.05) is 47.7 Å². The second-order valence-electron chi connectivity index (χ2n) is 7.14. The Bertz CT molecular complexity index is 1280. The van der Waals surface area contributed by atoms with Crippen LogP contribution in [0.2, 0.25) is 0 Å². The van der Waals surface area contributed by atoms with Crippen molar-refractivity contribution in [2.24, 2.45) is 0 Å². The number of hydrogen-bond donors (Lipinski definition) is 1. The van der Waals surface area contributed by atoms with Gasteiger partial charge in [0.25, 0.3) is 5.91 Å². The first-order chi connectivity index (χ1) is 16.3. The molecule has 3 rings (SSSR count). The third-order valence-corrected chi connectivity index (χ3v) is 5.56. The Hall–Kier alpha value is -3.84. The molecule has 0 saturated heterocycles. The number of anilines is 1. The maximum atomic E-state index is 12.6. The van der Waals surface area contributed by atoms with Crippen molar-refractivity contribution in [2.75, 3.05) is 19.5 Å². The molecule has 0 atom stereocenters. The molecule has 0 spiro atoms. The number of methoxy groups -OCH3 is 2. The first-order valence-corrected chi connectivity index (χ1v) is 11.2. The SMILES string of the molecule is COc1ccc(C(=O)Oc2c(I)cc(/C=C(\C#N)C(=O)Nc3ccc(C)cc3)cc2OC)cc1. The fraction of sp³-hybridized carbons (Fsp3) is 0.115. The van der Waals surface area contributed by atoms with Crippen LogP contribution >= 0.6 is 22.6 Å². The van der Waals surface area contributed by atoms with E-state index in [0.29, 0.717) is 26.1 Å². The van der Waals surface area contributed by atoms with Crippen molar-refractivity contribution in [1.82, 2.24) is 0 Å². The monoisotopic (exact) mass is 568 g/mol. The van der Waals surface area contributed by atoms with Gasteiger partial charge in [0.2, 0.25) is 0 Å². The summed E-state index contributed by atoms with van der Waals surface area (Å²) in [5.41, 5.74) is 2.46. The Morgan fingerprint density at radius 2 is 1.68 bits per heavy atom. The van der Waals surface area contributed by atoms with Crippen molar-refractivity contribution in [3.8, 4) is 23.3 Å². The summed E-state index contributed by atoms with van der Waals surface area (Å²) in [6.07, 6.45) is 1.45. The number of ether oxygens (including phenoxy) is 3. The second-order valence-corrected chi connectivity index (χ2v) is 8.30.